The lowest BCUT2D eigenvalue weighted by Gasteiger charge is -2.20. The van der Waals surface area contributed by atoms with Crippen LogP contribution in [0.4, 0.5) is 0 Å². The number of benzene rings is 1. The Morgan fingerprint density at radius 3 is 2.25 bits per heavy atom. The Morgan fingerprint density at radius 2 is 1.70 bits per heavy atom. The molecule has 0 saturated heterocycles. The van der Waals surface area contributed by atoms with Crippen LogP contribution in [0, 0.1) is 0 Å². The number of nitrogens with zero attached hydrogens (tertiary/aromatic N) is 2. The first-order chi connectivity index (χ1) is 9.35. The summed E-state index contributed by atoms with van der Waals surface area (Å²) in [4.78, 5) is 8.74. The van der Waals surface area contributed by atoms with E-state index in [1.54, 1.807) is 12.1 Å². The highest BCUT2D eigenvalue weighted by atomic mass is 35.5. The summed E-state index contributed by atoms with van der Waals surface area (Å²) in [6.45, 7) is 7.11. The third kappa shape index (κ3) is 4.17. The molecule has 5 heteroatoms. The van der Waals surface area contributed by atoms with Gasteiger partial charge in [-0.05, 0) is 39.0 Å². The molecule has 1 N–H and O–H groups in total. The second-order valence-electron chi connectivity index (χ2n) is 5.65. The number of rotatable bonds is 3. The van der Waals surface area contributed by atoms with Crippen molar-refractivity contribution in [1.29, 1.82) is 0 Å². The number of hydrogen-bond acceptors (Lipinski definition) is 3. The molecule has 1 aromatic heterocycles. The Hall–Kier alpha value is -1.16. The Bertz CT molecular complexity index is 589. The van der Waals surface area contributed by atoms with Gasteiger partial charge in [0.25, 0.3) is 0 Å². The molecule has 0 aliphatic heterocycles. The van der Waals surface area contributed by atoms with Gasteiger partial charge < -0.3 is 5.32 Å². The Balaban J connectivity index is 2.13. The molecule has 2 rings (SSSR count). The van der Waals surface area contributed by atoms with Crippen LogP contribution in [0.5, 0.6) is 0 Å². The van der Waals surface area contributed by atoms with Crippen LogP contribution >= 0.6 is 23.2 Å². The molecule has 0 fully saturated rings. The van der Waals surface area contributed by atoms with Crippen molar-refractivity contribution in [2.75, 3.05) is 0 Å². The van der Waals surface area contributed by atoms with Gasteiger partial charge in [-0.1, -0.05) is 23.2 Å². The van der Waals surface area contributed by atoms with Crippen molar-refractivity contribution in [2.45, 2.75) is 32.9 Å². The normalized spacial score (nSPS) is 11.7. The minimum absolute atomic E-state index is 0.0718. The van der Waals surface area contributed by atoms with Crippen molar-refractivity contribution in [3.8, 4) is 11.4 Å². The second kappa shape index (κ2) is 6.08. The second-order valence-corrected chi connectivity index (χ2v) is 6.46. The summed E-state index contributed by atoms with van der Waals surface area (Å²) in [5.74, 6) is 0.642. The predicted molar refractivity (Wildman–Crippen MR) is 84.1 cm³/mol. The third-order valence-electron chi connectivity index (χ3n) is 2.71. The summed E-state index contributed by atoms with van der Waals surface area (Å²) in [7, 11) is 0. The lowest BCUT2D eigenvalue weighted by Crippen LogP contribution is -2.35. The zero-order chi connectivity index (χ0) is 14.8. The fourth-order valence-electron chi connectivity index (χ4n) is 1.60. The third-order valence-corrected chi connectivity index (χ3v) is 3.44. The molecule has 0 unspecified atom stereocenters. The predicted octanol–water partition coefficient (Wildman–Crippen LogP) is 4.34. The van der Waals surface area contributed by atoms with Crippen LogP contribution in [-0.2, 0) is 6.54 Å². The highest BCUT2D eigenvalue weighted by Gasteiger charge is 2.09. The smallest absolute Gasteiger partial charge is 0.159 e. The van der Waals surface area contributed by atoms with Gasteiger partial charge in [0, 0.05) is 35.6 Å². The largest absolute Gasteiger partial charge is 0.308 e. The van der Waals surface area contributed by atoms with E-state index in [1.165, 1.54) is 0 Å². The molecule has 1 aromatic carbocycles. The van der Waals surface area contributed by atoms with Crippen LogP contribution in [0.3, 0.4) is 0 Å². The SMILES string of the molecule is CC(C)(C)NCc1cnc(-c2ccc(Cl)c(Cl)c2)nc1. The van der Waals surface area contributed by atoms with Gasteiger partial charge >= 0.3 is 0 Å². The molecule has 0 atom stereocenters. The molecule has 0 radical (unpaired) electrons. The number of halogens is 2. The van der Waals surface area contributed by atoms with Crippen LogP contribution < -0.4 is 5.32 Å². The van der Waals surface area contributed by atoms with Crippen LogP contribution in [0.1, 0.15) is 26.3 Å². The number of aromatic nitrogens is 2. The van der Waals surface area contributed by atoms with E-state index in [0.717, 1.165) is 17.7 Å². The summed E-state index contributed by atoms with van der Waals surface area (Å²) in [6, 6.07) is 5.38. The zero-order valence-corrected chi connectivity index (χ0v) is 13.3. The standard InChI is InChI=1S/C15H17Cl2N3/c1-15(2,3)20-9-10-7-18-14(19-8-10)11-4-5-12(16)13(17)6-11/h4-8,20H,9H2,1-3H3. The lowest BCUT2D eigenvalue weighted by molar-refractivity contribution is 0.423. The summed E-state index contributed by atoms with van der Waals surface area (Å²) in [5, 5.41) is 4.43. The quantitative estimate of drug-likeness (QED) is 0.916. The highest BCUT2D eigenvalue weighted by molar-refractivity contribution is 6.42. The molecule has 106 valence electrons. The first-order valence-corrected chi connectivity index (χ1v) is 7.12. The van der Waals surface area contributed by atoms with Gasteiger partial charge in [0.1, 0.15) is 0 Å². The van der Waals surface area contributed by atoms with E-state index in [0.29, 0.717) is 15.9 Å². The molecule has 0 aliphatic carbocycles. The minimum Gasteiger partial charge on any atom is -0.308 e. The molecule has 0 amide bonds. The maximum absolute atomic E-state index is 6.00. The van der Waals surface area contributed by atoms with E-state index < -0.39 is 0 Å². The molecule has 0 aliphatic rings. The Labute approximate surface area is 129 Å². The number of nitrogens with one attached hydrogen (secondary N) is 1. The Kier molecular flexibility index (Phi) is 4.63. The molecule has 20 heavy (non-hydrogen) atoms. The van der Waals surface area contributed by atoms with Crippen molar-refractivity contribution in [3.63, 3.8) is 0 Å². The van der Waals surface area contributed by atoms with Crippen molar-refractivity contribution < 1.29 is 0 Å². The van der Waals surface area contributed by atoms with Gasteiger partial charge in [0.15, 0.2) is 5.82 Å². The van der Waals surface area contributed by atoms with Crippen molar-refractivity contribution in [2.24, 2.45) is 0 Å². The molecule has 0 spiro atoms. The monoisotopic (exact) mass is 309 g/mol. The van der Waals surface area contributed by atoms with Gasteiger partial charge in [-0.15, -0.1) is 0 Å². The minimum atomic E-state index is 0.0718. The zero-order valence-electron chi connectivity index (χ0n) is 11.7. The maximum atomic E-state index is 6.00. The van der Waals surface area contributed by atoms with Crippen molar-refractivity contribution in [3.05, 3.63) is 46.2 Å². The summed E-state index contributed by atoms with van der Waals surface area (Å²) in [5.41, 5.74) is 1.97. The average molecular weight is 310 g/mol. The van der Waals surface area contributed by atoms with E-state index in [1.807, 2.05) is 18.5 Å². The maximum Gasteiger partial charge on any atom is 0.159 e. The molecule has 0 saturated carbocycles. The first kappa shape index (κ1) is 15.2. The van der Waals surface area contributed by atoms with Gasteiger partial charge in [0.05, 0.1) is 10.0 Å². The van der Waals surface area contributed by atoms with E-state index in [2.05, 4.69) is 36.1 Å². The van der Waals surface area contributed by atoms with Gasteiger partial charge in [0.2, 0.25) is 0 Å². The highest BCUT2D eigenvalue weighted by Crippen LogP contribution is 2.26. The molecule has 1 heterocycles. The Morgan fingerprint density at radius 1 is 1.05 bits per heavy atom. The summed E-state index contributed by atoms with van der Waals surface area (Å²) < 4.78 is 0. The average Bonchev–Trinajstić information content (AvgIpc) is 2.39. The van der Waals surface area contributed by atoms with Crippen LogP contribution in [0.25, 0.3) is 11.4 Å². The van der Waals surface area contributed by atoms with Gasteiger partial charge in [-0.3, -0.25) is 0 Å². The van der Waals surface area contributed by atoms with Crippen molar-refractivity contribution in [1.82, 2.24) is 15.3 Å². The van der Waals surface area contributed by atoms with E-state index in [-0.39, 0.29) is 5.54 Å². The molecule has 3 nitrogen and oxygen atoms in total. The van der Waals surface area contributed by atoms with Crippen LogP contribution in [0.2, 0.25) is 10.0 Å². The topological polar surface area (TPSA) is 37.8 Å². The molecule has 2 aromatic rings. The molecule has 0 bridgehead atoms. The van der Waals surface area contributed by atoms with Crippen molar-refractivity contribution >= 4 is 23.2 Å². The van der Waals surface area contributed by atoms with Crippen LogP contribution in [-0.4, -0.2) is 15.5 Å². The summed E-state index contributed by atoms with van der Waals surface area (Å²) in [6.07, 6.45) is 3.65. The first-order valence-electron chi connectivity index (χ1n) is 6.36. The summed E-state index contributed by atoms with van der Waals surface area (Å²) >= 11 is 11.9. The molecular formula is C15H17Cl2N3. The van der Waals surface area contributed by atoms with E-state index in [4.69, 9.17) is 23.2 Å². The van der Waals surface area contributed by atoms with Gasteiger partial charge in [-0.2, -0.15) is 0 Å². The van der Waals surface area contributed by atoms with Crippen LogP contribution in [0.15, 0.2) is 30.6 Å². The van der Waals surface area contributed by atoms with Gasteiger partial charge in [-0.25, -0.2) is 9.97 Å². The van der Waals surface area contributed by atoms with E-state index >= 15 is 0 Å². The fourth-order valence-corrected chi connectivity index (χ4v) is 1.90. The molecular weight excluding hydrogens is 293 g/mol. The lowest BCUT2D eigenvalue weighted by atomic mass is 10.1. The fraction of sp³-hybridized carbons (Fsp3) is 0.333. The number of hydrogen-bond donors (Lipinski definition) is 1. The van der Waals surface area contributed by atoms with E-state index in [9.17, 15) is 0 Å².